The largest absolute Gasteiger partial charge is 0.494 e. The van der Waals surface area contributed by atoms with E-state index in [1.54, 1.807) is 0 Å². The Morgan fingerprint density at radius 3 is 2.48 bits per heavy atom. The zero-order chi connectivity index (χ0) is 15.2. The average Bonchev–Trinajstić information content (AvgIpc) is 2.49. The highest BCUT2D eigenvalue weighted by Gasteiger charge is 2.14. The molecular weight excluding hydrogens is 276 g/mol. The molecule has 0 fully saturated rings. The number of hydrogen-bond donors (Lipinski definition) is 1. The van der Waals surface area contributed by atoms with E-state index < -0.39 is 17.7 Å². The summed E-state index contributed by atoms with van der Waals surface area (Å²) in [6, 6.07) is 10.6. The van der Waals surface area contributed by atoms with Gasteiger partial charge in [0.2, 0.25) is 5.82 Å². The quantitative estimate of drug-likeness (QED) is 0.887. The Balaban J connectivity index is 2.08. The standard InChI is InChI=1S/C16H17F2NO2/c1-2-20-14-8-4-3-6-11(14)13(19)10-21-15-9-5-7-12(17)16(15)18/h3-9,13H,2,10,19H2,1H3. The molecule has 3 nitrogen and oxygen atoms in total. The molecule has 2 aromatic rings. The SMILES string of the molecule is CCOc1ccccc1C(N)COc1cccc(F)c1F. The van der Waals surface area contributed by atoms with Crippen LogP contribution in [0.1, 0.15) is 18.5 Å². The Morgan fingerprint density at radius 2 is 1.71 bits per heavy atom. The lowest BCUT2D eigenvalue weighted by molar-refractivity contribution is 0.267. The van der Waals surface area contributed by atoms with E-state index in [2.05, 4.69) is 0 Å². The molecule has 112 valence electrons. The second kappa shape index (κ2) is 7.04. The number of ether oxygens (including phenoxy) is 2. The number of para-hydroxylation sites is 1. The van der Waals surface area contributed by atoms with Gasteiger partial charge in [-0.2, -0.15) is 4.39 Å². The van der Waals surface area contributed by atoms with Crippen LogP contribution < -0.4 is 15.2 Å². The molecule has 0 heterocycles. The van der Waals surface area contributed by atoms with Crippen molar-refractivity contribution in [2.75, 3.05) is 13.2 Å². The van der Waals surface area contributed by atoms with E-state index in [4.69, 9.17) is 15.2 Å². The average molecular weight is 293 g/mol. The molecule has 0 aromatic heterocycles. The van der Waals surface area contributed by atoms with Crippen molar-refractivity contribution in [1.82, 2.24) is 0 Å². The molecule has 21 heavy (non-hydrogen) atoms. The fraction of sp³-hybridized carbons (Fsp3) is 0.250. The van der Waals surface area contributed by atoms with Gasteiger partial charge in [-0.15, -0.1) is 0 Å². The molecular formula is C16H17F2NO2. The van der Waals surface area contributed by atoms with Gasteiger partial charge >= 0.3 is 0 Å². The molecule has 0 spiro atoms. The van der Waals surface area contributed by atoms with Crippen molar-refractivity contribution in [2.24, 2.45) is 5.73 Å². The second-order valence-electron chi connectivity index (χ2n) is 4.44. The predicted molar refractivity (Wildman–Crippen MR) is 76.4 cm³/mol. The zero-order valence-electron chi connectivity index (χ0n) is 11.7. The van der Waals surface area contributed by atoms with Crippen LogP contribution in [-0.4, -0.2) is 13.2 Å². The maximum Gasteiger partial charge on any atom is 0.200 e. The minimum atomic E-state index is -1.01. The molecule has 0 bridgehead atoms. The zero-order valence-corrected chi connectivity index (χ0v) is 11.7. The first kappa shape index (κ1) is 15.3. The molecule has 1 unspecified atom stereocenters. The maximum absolute atomic E-state index is 13.5. The summed E-state index contributed by atoms with van der Waals surface area (Å²) in [5, 5.41) is 0. The Hall–Kier alpha value is -2.14. The Bertz CT molecular complexity index is 605. The number of nitrogens with two attached hydrogens (primary N) is 1. The summed E-state index contributed by atoms with van der Waals surface area (Å²) < 4.78 is 37.3. The normalized spacial score (nSPS) is 12.0. The maximum atomic E-state index is 13.5. The van der Waals surface area contributed by atoms with Gasteiger partial charge in [-0.25, -0.2) is 4.39 Å². The highest BCUT2D eigenvalue weighted by molar-refractivity contribution is 5.36. The van der Waals surface area contributed by atoms with Crippen molar-refractivity contribution in [1.29, 1.82) is 0 Å². The molecule has 0 aliphatic rings. The van der Waals surface area contributed by atoms with Gasteiger partial charge in [-0.05, 0) is 25.1 Å². The van der Waals surface area contributed by atoms with Gasteiger partial charge < -0.3 is 15.2 Å². The minimum Gasteiger partial charge on any atom is -0.494 e. The first-order valence-corrected chi connectivity index (χ1v) is 6.67. The fourth-order valence-electron chi connectivity index (χ4n) is 1.94. The highest BCUT2D eigenvalue weighted by atomic mass is 19.2. The van der Waals surface area contributed by atoms with Gasteiger partial charge in [0.15, 0.2) is 11.6 Å². The first-order valence-electron chi connectivity index (χ1n) is 6.67. The van der Waals surface area contributed by atoms with Gasteiger partial charge in [-0.1, -0.05) is 24.3 Å². The molecule has 0 saturated heterocycles. The van der Waals surface area contributed by atoms with Crippen molar-refractivity contribution >= 4 is 0 Å². The summed E-state index contributed by atoms with van der Waals surface area (Å²) in [6.45, 7) is 2.41. The summed E-state index contributed by atoms with van der Waals surface area (Å²) in [4.78, 5) is 0. The van der Waals surface area contributed by atoms with Gasteiger partial charge in [-0.3, -0.25) is 0 Å². The van der Waals surface area contributed by atoms with E-state index in [0.717, 1.165) is 11.6 Å². The molecule has 0 aliphatic heterocycles. The number of rotatable bonds is 6. The Kier molecular flexibility index (Phi) is 5.11. The van der Waals surface area contributed by atoms with Gasteiger partial charge in [0.05, 0.1) is 12.6 Å². The van der Waals surface area contributed by atoms with Crippen LogP contribution in [-0.2, 0) is 0 Å². The van der Waals surface area contributed by atoms with Crippen LogP contribution in [0.15, 0.2) is 42.5 Å². The molecule has 2 aromatic carbocycles. The van der Waals surface area contributed by atoms with Crippen LogP contribution in [0.3, 0.4) is 0 Å². The fourth-order valence-corrected chi connectivity index (χ4v) is 1.94. The van der Waals surface area contributed by atoms with Crippen molar-refractivity contribution in [2.45, 2.75) is 13.0 Å². The predicted octanol–water partition coefficient (Wildman–Crippen LogP) is 3.44. The third-order valence-corrected chi connectivity index (χ3v) is 2.95. The summed E-state index contributed by atoms with van der Waals surface area (Å²) in [6.07, 6.45) is 0. The summed E-state index contributed by atoms with van der Waals surface area (Å²) >= 11 is 0. The number of hydrogen-bond acceptors (Lipinski definition) is 3. The summed E-state index contributed by atoms with van der Waals surface area (Å²) in [5.41, 5.74) is 6.80. The molecule has 2 rings (SSSR count). The van der Waals surface area contributed by atoms with Crippen molar-refractivity contribution in [3.05, 3.63) is 59.7 Å². The number of halogens is 2. The molecule has 0 radical (unpaired) electrons. The second-order valence-corrected chi connectivity index (χ2v) is 4.44. The van der Waals surface area contributed by atoms with Crippen LogP contribution in [0, 0.1) is 11.6 Å². The van der Waals surface area contributed by atoms with Crippen molar-refractivity contribution in [3.63, 3.8) is 0 Å². The summed E-state index contributed by atoms with van der Waals surface area (Å²) in [5.74, 6) is -1.45. The van der Waals surface area contributed by atoms with Gasteiger partial charge in [0.25, 0.3) is 0 Å². The molecule has 0 amide bonds. The van der Waals surface area contributed by atoms with Crippen LogP contribution in [0.5, 0.6) is 11.5 Å². The van der Waals surface area contributed by atoms with E-state index in [-0.39, 0.29) is 12.4 Å². The first-order chi connectivity index (χ1) is 10.1. The van der Waals surface area contributed by atoms with E-state index in [9.17, 15) is 8.78 Å². The van der Waals surface area contributed by atoms with E-state index in [1.165, 1.54) is 12.1 Å². The van der Waals surface area contributed by atoms with E-state index in [1.807, 2.05) is 31.2 Å². The Morgan fingerprint density at radius 1 is 1.00 bits per heavy atom. The topological polar surface area (TPSA) is 44.5 Å². The van der Waals surface area contributed by atoms with E-state index >= 15 is 0 Å². The lowest BCUT2D eigenvalue weighted by Gasteiger charge is -2.17. The molecule has 1 atom stereocenters. The van der Waals surface area contributed by atoms with Gasteiger partial charge in [0.1, 0.15) is 12.4 Å². The van der Waals surface area contributed by atoms with Crippen LogP contribution in [0.25, 0.3) is 0 Å². The monoisotopic (exact) mass is 293 g/mol. The van der Waals surface area contributed by atoms with Gasteiger partial charge in [0, 0.05) is 5.56 Å². The van der Waals surface area contributed by atoms with Crippen LogP contribution in [0.4, 0.5) is 8.78 Å². The third kappa shape index (κ3) is 3.70. The van der Waals surface area contributed by atoms with Crippen molar-refractivity contribution < 1.29 is 18.3 Å². The molecule has 0 saturated carbocycles. The highest BCUT2D eigenvalue weighted by Crippen LogP contribution is 2.25. The van der Waals surface area contributed by atoms with E-state index in [0.29, 0.717) is 12.4 Å². The smallest absolute Gasteiger partial charge is 0.200 e. The van der Waals surface area contributed by atoms with Crippen molar-refractivity contribution in [3.8, 4) is 11.5 Å². The molecule has 2 N–H and O–H groups in total. The van der Waals surface area contributed by atoms with Crippen LogP contribution >= 0.6 is 0 Å². The summed E-state index contributed by atoms with van der Waals surface area (Å²) in [7, 11) is 0. The number of benzene rings is 2. The lowest BCUT2D eigenvalue weighted by atomic mass is 10.1. The Labute approximate surface area is 122 Å². The lowest BCUT2D eigenvalue weighted by Crippen LogP contribution is -2.20. The van der Waals surface area contributed by atoms with Crippen LogP contribution in [0.2, 0.25) is 0 Å². The third-order valence-electron chi connectivity index (χ3n) is 2.95. The molecule has 0 aliphatic carbocycles. The minimum absolute atomic E-state index is 0.0183. The molecule has 5 heteroatoms.